The Kier molecular flexibility index (Phi) is 3.29. The van der Waals surface area contributed by atoms with E-state index >= 15 is 0 Å². The Labute approximate surface area is 126 Å². The molecule has 3 rings (SSSR count). The predicted octanol–water partition coefficient (Wildman–Crippen LogP) is 2.06. The van der Waals surface area contributed by atoms with Gasteiger partial charge in [0.1, 0.15) is 11.5 Å². The lowest BCUT2D eigenvalue weighted by Crippen LogP contribution is -2.25. The molecule has 1 heterocycles. The highest BCUT2D eigenvalue weighted by Gasteiger charge is 2.32. The van der Waals surface area contributed by atoms with Gasteiger partial charge in [-0.2, -0.15) is 0 Å². The number of Topliss-reactive ketones (excluding diaryl/α,β-unsaturated/α-hetero) is 1. The zero-order chi connectivity index (χ0) is 15.9. The van der Waals surface area contributed by atoms with Crippen LogP contribution >= 0.6 is 0 Å². The molecule has 0 aliphatic carbocycles. The number of rotatable bonds is 2. The van der Waals surface area contributed by atoms with E-state index in [4.69, 9.17) is 9.47 Å². The lowest BCUT2D eigenvalue weighted by Gasteiger charge is -2.26. The van der Waals surface area contributed by atoms with Crippen LogP contribution in [0.2, 0.25) is 0 Å². The highest BCUT2D eigenvalue weighted by Crippen LogP contribution is 2.42. The molecule has 0 bridgehead atoms. The fourth-order valence-corrected chi connectivity index (χ4v) is 2.54. The van der Waals surface area contributed by atoms with Crippen LogP contribution in [0.25, 0.3) is 0 Å². The van der Waals surface area contributed by atoms with Gasteiger partial charge in [0.15, 0.2) is 23.4 Å². The summed E-state index contributed by atoms with van der Waals surface area (Å²) in [5.74, 6) is -0.502. The molecule has 0 saturated carbocycles. The molecule has 6 heteroatoms. The first-order valence-electron chi connectivity index (χ1n) is 6.61. The molecular formula is C16H14O6. The minimum absolute atomic E-state index is 0.00438. The van der Waals surface area contributed by atoms with Crippen molar-refractivity contribution in [3.63, 3.8) is 0 Å². The molecule has 0 spiro atoms. The van der Waals surface area contributed by atoms with E-state index in [-0.39, 0.29) is 35.2 Å². The first-order chi connectivity index (χ1) is 10.5. The monoisotopic (exact) mass is 302 g/mol. The maximum absolute atomic E-state index is 12.3. The topological polar surface area (TPSA) is 96.2 Å². The number of phenolic OH excluding ortho intramolecular Hbond substituents is 3. The number of ketones is 1. The van der Waals surface area contributed by atoms with Crippen LogP contribution in [0.3, 0.4) is 0 Å². The van der Waals surface area contributed by atoms with Crippen LogP contribution < -0.4 is 9.47 Å². The number of carbonyl (C=O) groups excluding carboxylic acids is 1. The second-order valence-electron chi connectivity index (χ2n) is 4.99. The Balaban J connectivity index is 2.02. The number of methoxy groups -OCH3 is 1. The van der Waals surface area contributed by atoms with Crippen LogP contribution in [0.1, 0.15) is 17.2 Å². The Morgan fingerprint density at radius 3 is 2.45 bits per heavy atom. The van der Waals surface area contributed by atoms with E-state index in [9.17, 15) is 20.1 Å². The minimum atomic E-state index is -0.961. The molecule has 2 aromatic rings. The fraction of sp³-hybridized carbons (Fsp3) is 0.188. The van der Waals surface area contributed by atoms with Crippen molar-refractivity contribution in [3.05, 3.63) is 41.5 Å². The average Bonchev–Trinajstić information content (AvgIpc) is 2.47. The number of benzene rings is 2. The normalized spacial score (nSPS) is 16.8. The Morgan fingerprint density at radius 2 is 1.82 bits per heavy atom. The molecule has 0 saturated heterocycles. The van der Waals surface area contributed by atoms with E-state index < -0.39 is 6.10 Å². The zero-order valence-electron chi connectivity index (χ0n) is 11.7. The maximum Gasteiger partial charge on any atom is 0.202 e. The SMILES string of the molecule is COc1c(O)cc(C2Oc3cccc(O)c3CC2=O)cc1O. The molecular weight excluding hydrogens is 288 g/mol. The summed E-state index contributed by atoms with van der Waals surface area (Å²) in [5.41, 5.74) is 0.750. The van der Waals surface area contributed by atoms with Crippen molar-refractivity contribution < 1.29 is 29.6 Å². The molecule has 1 atom stereocenters. The Morgan fingerprint density at radius 1 is 1.14 bits per heavy atom. The van der Waals surface area contributed by atoms with Crippen molar-refractivity contribution in [2.24, 2.45) is 0 Å². The second-order valence-corrected chi connectivity index (χ2v) is 4.99. The van der Waals surface area contributed by atoms with Gasteiger partial charge >= 0.3 is 0 Å². The van der Waals surface area contributed by atoms with E-state index in [1.54, 1.807) is 12.1 Å². The highest BCUT2D eigenvalue weighted by molar-refractivity contribution is 5.89. The molecule has 3 N–H and O–H groups in total. The zero-order valence-corrected chi connectivity index (χ0v) is 11.7. The van der Waals surface area contributed by atoms with Crippen LogP contribution in [-0.2, 0) is 11.2 Å². The molecule has 6 nitrogen and oxygen atoms in total. The molecule has 22 heavy (non-hydrogen) atoms. The predicted molar refractivity (Wildman–Crippen MR) is 76.5 cm³/mol. The summed E-state index contributed by atoms with van der Waals surface area (Å²) in [6.45, 7) is 0. The third-order valence-electron chi connectivity index (χ3n) is 3.58. The van der Waals surface area contributed by atoms with Crippen LogP contribution in [0.5, 0.6) is 28.7 Å². The van der Waals surface area contributed by atoms with E-state index in [1.807, 2.05) is 0 Å². The minimum Gasteiger partial charge on any atom is -0.508 e. The number of hydrogen-bond acceptors (Lipinski definition) is 6. The summed E-state index contributed by atoms with van der Waals surface area (Å²) in [4.78, 5) is 12.3. The number of phenols is 3. The summed E-state index contributed by atoms with van der Waals surface area (Å²) in [6, 6.07) is 7.38. The third kappa shape index (κ3) is 2.18. The standard InChI is InChI=1S/C16H14O6/c1-21-16-11(18)5-8(6-12(16)19)15-13(20)7-9-10(17)3-2-4-14(9)22-15/h2-6,15,17-19H,7H2,1H3. The van der Waals surface area contributed by atoms with Crippen molar-refractivity contribution in [2.45, 2.75) is 12.5 Å². The van der Waals surface area contributed by atoms with Crippen molar-refractivity contribution in [3.8, 4) is 28.7 Å². The average molecular weight is 302 g/mol. The van der Waals surface area contributed by atoms with Gasteiger partial charge in [0, 0.05) is 17.5 Å². The second kappa shape index (κ2) is 5.14. The van der Waals surface area contributed by atoms with Crippen molar-refractivity contribution in [1.82, 2.24) is 0 Å². The van der Waals surface area contributed by atoms with E-state index in [0.29, 0.717) is 16.9 Å². The van der Waals surface area contributed by atoms with E-state index in [1.165, 1.54) is 25.3 Å². The molecule has 0 fully saturated rings. The van der Waals surface area contributed by atoms with Gasteiger partial charge in [-0.25, -0.2) is 0 Å². The van der Waals surface area contributed by atoms with Gasteiger partial charge in [-0.15, -0.1) is 0 Å². The molecule has 0 aromatic heterocycles. The highest BCUT2D eigenvalue weighted by atomic mass is 16.5. The van der Waals surface area contributed by atoms with Gasteiger partial charge in [-0.1, -0.05) is 6.07 Å². The number of fused-ring (bicyclic) bond motifs is 1. The third-order valence-corrected chi connectivity index (χ3v) is 3.58. The largest absolute Gasteiger partial charge is 0.508 e. The lowest BCUT2D eigenvalue weighted by molar-refractivity contribution is -0.126. The number of carbonyl (C=O) groups is 1. The van der Waals surface area contributed by atoms with Crippen LogP contribution in [-0.4, -0.2) is 28.2 Å². The molecule has 1 unspecified atom stereocenters. The molecule has 1 aliphatic heterocycles. The summed E-state index contributed by atoms with van der Waals surface area (Å²) in [5, 5.41) is 29.4. The fourth-order valence-electron chi connectivity index (χ4n) is 2.54. The number of ether oxygens (including phenoxy) is 2. The maximum atomic E-state index is 12.3. The van der Waals surface area contributed by atoms with Gasteiger partial charge in [0.05, 0.1) is 7.11 Å². The summed E-state index contributed by atoms with van der Waals surface area (Å²) >= 11 is 0. The van der Waals surface area contributed by atoms with Gasteiger partial charge in [0.25, 0.3) is 0 Å². The first kappa shape index (κ1) is 14.1. The Bertz CT molecular complexity index is 729. The molecule has 0 radical (unpaired) electrons. The smallest absolute Gasteiger partial charge is 0.202 e. The van der Waals surface area contributed by atoms with Crippen molar-refractivity contribution in [2.75, 3.05) is 7.11 Å². The van der Waals surface area contributed by atoms with Gasteiger partial charge in [-0.3, -0.25) is 4.79 Å². The van der Waals surface area contributed by atoms with Gasteiger partial charge < -0.3 is 24.8 Å². The van der Waals surface area contributed by atoms with Crippen LogP contribution in [0.15, 0.2) is 30.3 Å². The summed E-state index contributed by atoms with van der Waals surface area (Å²) in [7, 11) is 1.32. The molecule has 0 amide bonds. The quantitative estimate of drug-likeness (QED) is 0.786. The Hall–Kier alpha value is -2.89. The summed E-state index contributed by atoms with van der Waals surface area (Å²) in [6.07, 6.45) is -0.947. The van der Waals surface area contributed by atoms with Gasteiger partial charge in [-0.05, 0) is 24.3 Å². The number of aromatic hydroxyl groups is 3. The molecule has 1 aliphatic rings. The van der Waals surface area contributed by atoms with Crippen LogP contribution in [0, 0.1) is 0 Å². The first-order valence-corrected chi connectivity index (χ1v) is 6.61. The van der Waals surface area contributed by atoms with E-state index in [2.05, 4.69) is 0 Å². The van der Waals surface area contributed by atoms with Gasteiger partial charge in [0.2, 0.25) is 5.75 Å². The van der Waals surface area contributed by atoms with Crippen molar-refractivity contribution in [1.29, 1.82) is 0 Å². The van der Waals surface area contributed by atoms with E-state index in [0.717, 1.165) is 0 Å². The molecule has 2 aromatic carbocycles. The number of hydrogen-bond donors (Lipinski definition) is 3. The molecule has 114 valence electrons. The lowest BCUT2D eigenvalue weighted by atomic mass is 9.95. The van der Waals surface area contributed by atoms with Crippen molar-refractivity contribution >= 4 is 5.78 Å². The van der Waals surface area contributed by atoms with Crippen LogP contribution in [0.4, 0.5) is 0 Å². The summed E-state index contributed by atoms with van der Waals surface area (Å²) < 4.78 is 10.5.